The monoisotopic (exact) mass is 569 g/mol. The second kappa shape index (κ2) is 12.1. The molecule has 2 aliphatic heterocycles. The molecule has 4 atom stereocenters. The van der Waals surface area contributed by atoms with Crippen molar-refractivity contribution in [3.63, 3.8) is 0 Å². The van der Waals surface area contributed by atoms with Gasteiger partial charge in [-0.2, -0.15) is 4.31 Å². The van der Waals surface area contributed by atoms with Gasteiger partial charge in [-0.3, -0.25) is 4.79 Å². The molecule has 0 saturated carbocycles. The third-order valence-electron chi connectivity index (χ3n) is 7.84. The summed E-state index contributed by atoms with van der Waals surface area (Å²) in [4.78, 5) is 13.7. The number of nitrogens with one attached hydrogen (secondary N) is 1. The maximum atomic E-state index is 15.0. The third-order valence-corrected chi connectivity index (χ3v) is 9.77. The number of carbonyl (C=O) groups excluding carboxylic acids is 1. The molecular formula is C30H33F2N3O4S. The van der Waals surface area contributed by atoms with E-state index < -0.39 is 27.8 Å². The molecule has 3 aromatic rings. The first-order valence-corrected chi connectivity index (χ1v) is 14.9. The predicted octanol–water partition coefficient (Wildman–Crippen LogP) is 4.45. The summed E-state index contributed by atoms with van der Waals surface area (Å²) in [6.07, 6.45) is 2.09. The van der Waals surface area contributed by atoms with Crippen molar-refractivity contribution in [2.24, 2.45) is 11.7 Å². The molecule has 10 heteroatoms. The van der Waals surface area contributed by atoms with Crippen LogP contribution >= 0.6 is 0 Å². The van der Waals surface area contributed by atoms with Gasteiger partial charge in [-0.1, -0.05) is 36.4 Å². The molecule has 7 nitrogen and oxygen atoms in total. The minimum atomic E-state index is -3.60. The van der Waals surface area contributed by atoms with E-state index in [1.807, 2.05) is 0 Å². The molecule has 0 spiro atoms. The average molecular weight is 570 g/mol. The number of rotatable bonds is 10. The number of hydrogen-bond acceptors (Lipinski definition) is 5. The molecule has 2 fully saturated rings. The highest BCUT2D eigenvalue weighted by Gasteiger charge is 2.44. The molecule has 2 saturated heterocycles. The lowest BCUT2D eigenvalue weighted by Gasteiger charge is -2.34. The number of nitrogens with zero attached hydrogens (tertiary/aromatic N) is 1. The minimum absolute atomic E-state index is 0.0688. The van der Waals surface area contributed by atoms with Crippen LogP contribution in [0.3, 0.4) is 0 Å². The molecule has 5 rings (SSSR count). The molecular weight excluding hydrogens is 536 g/mol. The van der Waals surface area contributed by atoms with Crippen molar-refractivity contribution >= 4 is 21.6 Å². The number of benzene rings is 3. The molecule has 0 radical (unpaired) electrons. The molecule has 0 aromatic heterocycles. The molecule has 0 bridgehead atoms. The van der Waals surface area contributed by atoms with Gasteiger partial charge in [-0.05, 0) is 73.6 Å². The van der Waals surface area contributed by atoms with E-state index in [1.165, 1.54) is 28.6 Å². The van der Waals surface area contributed by atoms with Gasteiger partial charge in [0.05, 0.1) is 10.9 Å². The molecule has 212 valence electrons. The zero-order valence-corrected chi connectivity index (χ0v) is 22.8. The predicted molar refractivity (Wildman–Crippen MR) is 148 cm³/mol. The van der Waals surface area contributed by atoms with E-state index in [0.29, 0.717) is 37.4 Å². The first-order valence-electron chi connectivity index (χ1n) is 13.5. The molecule has 2 aliphatic rings. The lowest BCUT2D eigenvalue weighted by molar-refractivity contribution is -0.118. The van der Waals surface area contributed by atoms with E-state index in [4.69, 9.17) is 10.5 Å². The van der Waals surface area contributed by atoms with Crippen molar-refractivity contribution in [3.05, 3.63) is 95.6 Å². The van der Waals surface area contributed by atoms with Crippen LogP contribution in [0.15, 0.2) is 77.7 Å². The number of ether oxygens (including phenoxy) is 1. The fourth-order valence-corrected chi connectivity index (χ4v) is 7.21. The van der Waals surface area contributed by atoms with Crippen LogP contribution in [-0.2, 0) is 26.0 Å². The Morgan fingerprint density at radius 1 is 1.00 bits per heavy atom. The summed E-state index contributed by atoms with van der Waals surface area (Å²) < 4.78 is 61.2. The van der Waals surface area contributed by atoms with Crippen LogP contribution in [0, 0.1) is 17.6 Å². The average Bonchev–Trinajstić information content (AvgIpc) is 3.76. The molecule has 3 N–H and O–H groups in total. The van der Waals surface area contributed by atoms with Crippen molar-refractivity contribution in [1.82, 2.24) is 4.31 Å². The van der Waals surface area contributed by atoms with Gasteiger partial charge in [-0.25, -0.2) is 17.2 Å². The number of halogens is 2. The molecule has 40 heavy (non-hydrogen) atoms. The summed E-state index contributed by atoms with van der Waals surface area (Å²) in [5.74, 6) is -1.62. The van der Waals surface area contributed by atoms with Crippen molar-refractivity contribution in [1.29, 1.82) is 0 Å². The topological polar surface area (TPSA) is 102 Å². The third kappa shape index (κ3) is 6.25. The Bertz CT molecular complexity index is 1430. The standard InChI is InChI=1S/C30H33F2N3O4S/c31-22-11-9-20(10-12-22)28(21-15-17-39-18-16-21)29(33)30(36)34-27-8-4-7-26(32)25(27)14-13-23-19-35(23)40(37,38)24-5-2-1-3-6-24/h1-12,21,23,28-29H,13-19,33H2,(H,34,36)/t23-,28?,29-,35?/m0/s1. The van der Waals surface area contributed by atoms with E-state index in [-0.39, 0.29) is 35.0 Å². The Morgan fingerprint density at radius 2 is 1.70 bits per heavy atom. The first kappa shape index (κ1) is 28.4. The van der Waals surface area contributed by atoms with Gasteiger partial charge in [0.2, 0.25) is 15.9 Å². The van der Waals surface area contributed by atoms with Gasteiger partial charge in [0.25, 0.3) is 0 Å². The summed E-state index contributed by atoms with van der Waals surface area (Å²) in [6.45, 7) is 1.48. The minimum Gasteiger partial charge on any atom is -0.381 e. The van der Waals surface area contributed by atoms with Crippen LogP contribution in [0.25, 0.3) is 0 Å². The van der Waals surface area contributed by atoms with E-state index in [2.05, 4.69) is 5.32 Å². The normalized spacial score (nSPS) is 21.0. The van der Waals surface area contributed by atoms with Crippen LogP contribution < -0.4 is 11.1 Å². The van der Waals surface area contributed by atoms with Crippen LogP contribution in [0.2, 0.25) is 0 Å². The number of nitrogens with two attached hydrogens (primary N) is 1. The Hall–Kier alpha value is -3.18. The highest BCUT2D eigenvalue weighted by Crippen LogP contribution is 2.36. The second-order valence-corrected chi connectivity index (χ2v) is 12.3. The van der Waals surface area contributed by atoms with E-state index in [9.17, 15) is 22.0 Å². The molecule has 2 heterocycles. The zero-order chi connectivity index (χ0) is 28.3. The van der Waals surface area contributed by atoms with Crippen LogP contribution in [-0.4, -0.2) is 50.5 Å². The van der Waals surface area contributed by atoms with Crippen molar-refractivity contribution in [2.75, 3.05) is 25.1 Å². The summed E-state index contributed by atoms with van der Waals surface area (Å²) in [5.41, 5.74) is 7.92. The summed E-state index contributed by atoms with van der Waals surface area (Å²) in [6, 6.07) is 17.5. The van der Waals surface area contributed by atoms with Gasteiger partial charge in [-0.15, -0.1) is 0 Å². The van der Waals surface area contributed by atoms with Gasteiger partial charge >= 0.3 is 0 Å². The SMILES string of the molecule is N[C@H](C(=O)Nc1cccc(F)c1CC[C@H]1CN1S(=O)(=O)c1ccccc1)C(c1ccc(F)cc1)C1CCOCC1. The van der Waals surface area contributed by atoms with Crippen LogP contribution in [0.4, 0.5) is 14.5 Å². The Kier molecular flexibility index (Phi) is 8.60. The van der Waals surface area contributed by atoms with Gasteiger partial charge < -0.3 is 15.8 Å². The Balaban J connectivity index is 1.29. The smallest absolute Gasteiger partial charge is 0.243 e. The Morgan fingerprint density at radius 3 is 2.40 bits per heavy atom. The fourth-order valence-electron chi connectivity index (χ4n) is 5.57. The summed E-state index contributed by atoms with van der Waals surface area (Å²) in [5, 5.41) is 2.82. The summed E-state index contributed by atoms with van der Waals surface area (Å²) >= 11 is 0. The summed E-state index contributed by atoms with van der Waals surface area (Å²) in [7, 11) is -3.60. The molecule has 2 unspecified atom stereocenters. The fraction of sp³-hybridized carbons (Fsp3) is 0.367. The van der Waals surface area contributed by atoms with E-state index >= 15 is 0 Å². The van der Waals surface area contributed by atoms with Crippen LogP contribution in [0.1, 0.15) is 36.3 Å². The van der Waals surface area contributed by atoms with Gasteiger partial charge in [0.1, 0.15) is 11.6 Å². The van der Waals surface area contributed by atoms with E-state index in [0.717, 1.165) is 18.4 Å². The van der Waals surface area contributed by atoms with Crippen molar-refractivity contribution in [3.8, 4) is 0 Å². The number of amides is 1. The lowest BCUT2D eigenvalue weighted by Crippen LogP contribution is -2.44. The second-order valence-electron chi connectivity index (χ2n) is 10.4. The quantitative estimate of drug-likeness (QED) is 0.352. The van der Waals surface area contributed by atoms with Crippen molar-refractivity contribution in [2.45, 2.75) is 48.6 Å². The first-order chi connectivity index (χ1) is 19.3. The zero-order valence-electron chi connectivity index (χ0n) is 22.0. The maximum Gasteiger partial charge on any atom is 0.243 e. The van der Waals surface area contributed by atoms with Gasteiger partial charge in [0.15, 0.2) is 0 Å². The number of sulfonamides is 1. The largest absolute Gasteiger partial charge is 0.381 e. The molecule has 1 amide bonds. The van der Waals surface area contributed by atoms with E-state index in [1.54, 1.807) is 48.5 Å². The highest BCUT2D eigenvalue weighted by atomic mass is 32.2. The van der Waals surface area contributed by atoms with Crippen molar-refractivity contribution < 1.29 is 26.7 Å². The molecule has 0 aliphatic carbocycles. The lowest BCUT2D eigenvalue weighted by atomic mass is 9.76. The number of carbonyl (C=O) groups is 1. The Labute approximate surface area is 233 Å². The van der Waals surface area contributed by atoms with Gasteiger partial charge in [0, 0.05) is 43.0 Å². The number of anilines is 1. The number of hydrogen-bond donors (Lipinski definition) is 2. The molecule has 3 aromatic carbocycles. The van der Waals surface area contributed by atoms with Crippen LogP contribution in [0.5, 0.6) is 0 Å². The maximum absolute atomic E-state index is 15.0. The highest BCUT2D eigenvalue weighted by molar-refractivity contribution is 7.89.